The zero-order valence-electron chi connectivity index (χ0n) is 10.2. The van der Waals surface area contributed by atoms with Crippen molar-refractivity contribution < 1.29 is 4.79 Å². The van der Waals surface area contributed by atoms with Gasteiger partial charge in [0, 0.05) is 13.6 Å². The highest BCUT2D eigenvalue weighted by molar-refractivity contribution is 7.17. The molecule has 2 aromatic rings. The number of aromatic nitrogens is 2. The summed E-state index contributed by atoms with van der Waals surface area (Å²) in [4.78, 5) is 11.8. The Morgan fingerprint density at radius 2 is 2.00 bits per heavy atom. The molecular formula is C12H14N4OS. The fourth-order valence-electron chi connectivity index (χ4n) is 1.38. The first-order valence-corrected chi connectivity index (χ1v) is 6.35. The summed E-state index contributed by atoms with van der Waals surface area (Å²) in [5.41, 5.74) is 2.26. The van der Waals surface area contributed by atoms with Crippen LogP contribution in [0.4, 0.5) is 5.13 Å². The Morgan fingerprint density at radius 3 is 2.61 bits per heavy atom. The van der Waals surface area contributed by atoms with Crippen LogP contribution in [0.25, 0.3) is 0 Å². The fourth-order valence-corrected chi connectivity index (χ4v) is 1.99. The molecule has 18 heavy (non-hydrogen) atoms. The molecule has 1 aromatic heterocycles. The lowest BCUT2D eigenvalue weighted by atomic mass is 10.1. The van der Waals surface area contributed by atoms with Crippen molar-refractivity contribution in [1.82, 2.24) is 15.5 Å². The second-order valence-electron chi connectivity index (χ2n) is 3.83. The highest BCUT2D eigenvalue weighted by atomic mass is 32.1. The number of nitrogens with one attached hydrogen (secondary N) is 2. The van der Waals surface area contributed by atoms with Crippen LogP contribution in [0.15, 0.2) is 24.3 Å². The standard InChI is InChI=1S/C12H14N4OS/c1-8-3-5-9(6-4-8)7-14-10(17)11-15-16-12(13-2)18-11/h3-6H,7H2,1-2H3,(H,13,16)(H,14,17). The Balaban J connectivity index is 1.93. The van der Waals surface area contributed by atoms with Gasteiger partial charge in [-0.25, -0.2) is 0 Å². The van der Waals surface area contributed by atoms with Gasteiger partial charge in [-0.1, -0.05) is 41.2 Å². The predicted molar refractivity (Wildman–Crippen MR) is 71.8 cm³/mol. The van der Waals surface area contributed by atoms with E-state index in [-0.39, 0.29) is 5.91 Å². The number of rotatable bonds is 4. The minimum Gasteiger partial charge on any atom is -0.363 e. The van der Waals surface area contributed by atoms with Crippen LogP contribution in [0, 0.1) is 6.92 Å². The van der Waals surface area contributed by atoms with E-state index >= 15 is 0 Å². The molecular weight excluding hydrogens is 248 g/mol. The van der Waals surface area contributed by atoms with E-state index in [1.54, 1.807) is 7.05 Å². The largest absolute Gasteiger partial charge is 0.363 e. The maximum atomic E-state index is 11.8. The molecule has 0 aliphatic heterocycles. The fraction of sp³-hybridized carbons (Fsp3) is 0.250. The van der Waals surface area contributed by atoms with Gasteiger partial charge in [0.1, 0.15) is 0 Å². The molecule has 2 N–H and O–H groups in total. The lowest BCUT2D eigenvalue weighted by Crippen LogP contribution is -2.22. The molecule has 1 heterocycles. The van der Waals surface area contributed by atoms with Gasteiger partial charge in [-0.2, -0.15) is 0 Å². The monoisotopic (exact) mass is 262 g/mol. The molecule has 6 heteroatoms. The van der Waals surface area contributed by atoms with Gasteiger partial charge in [0.25, 0.3) is 5.91 Å². The molecule has 0 aliphatic rings. The summed E-state index contributed by atoms with van der Waals surface area (Å²) in [7, 11) is 1.74. The van der Waals surface area contributed by atoms with Gasteiger partial charge in [-0.3, -0.25) is 4.79 Å². The van der Waals surface area contributed by atoms with Gasteiger partial charge in [0.15, 0.2) is 0 Å². The van der Waals surface area contributed by atoms with E-state index in [4.69, 9.17) is 0 Å². The molecule has 5 nitrogen and oxygen atoms in total. The Kier molecular flexibility index (Phi) is 3.88. The summed E-state index contributed by atoms with van der Waals surface area (Å²) < 4.78 is 0. The van der Waals surface area contributed by atoms with Gasteiger partial charge in [-0.15, -0.1) is 10.2 Å². The lowest BCUT2D eigenvalue weighted by Gasteiger charge is -2.03. The Hall–Kier alpha value is -1.95. The molecule has 0 fully saturated rings. The average molecular weight is 262 g/mol. The SMILES string of the molecule is CNc1nnc(C(=O)NCc2ccc(C)cc2)s1. The van der Waals surface area contributed by atoms with Gasteiger partial charge >= 0.3 is 0 Å². The third-order valence-corrected chi connectivity index (χ3v) is 3.35. The average Bonchev–Trinajstić information content (AvgIpc) is 2.86. The van der Waals surface area contributed by atoms with Crippen molar-refractivity contribution in [3.63, 3.8) is 0 Å². The number of amides is 1. The number of benzene rings is 1. The number of carbonyl (C=O) groups is 1. The molecule has 94 valence electrons. The quantitative estimate of drug-likeness (QED) is 0.882. The van der Waals surface area contributed by atoms with Crippen molar-refractivity contribution in [3.05, 3.63) is 40.4 Å². The molecule has 0 radical (unpaired) electrons. The van der Waals surface area contributed by atoms with E-state index in [0.29, 0.717) is 16.7 Å². The summed E-state index contributed by atoms with van der Waals surface area (Å²) in [6.45, 7) is 2.52. The van der Waals surface area contributed by atoms with Crippen LogP contribution in [0.5, 0.6) is 0 Å². The summed E-state index contributed by atoms with van der Waals surface area (Å²) in [6, 6.07) is 8.03. The number of anilines is 1. The van der Waals surface area contributed by atoms with Crippen LogP contribution < -0.4 is 10.6 Å². The molecule has 1 aromatic carbocycles. The number of hydrogen-bond donors (Lipinski definition) is 2. The highest BCUT2D eigenvalue weighted by Gasteiger charge is 2.11. The molecule has 0 bridgehead atoms. The Morgan fingerprint density at radius 1 is 1.28 bits per heavy atom. The minimum atomic E-state index is -0.199. The van der Waals surface area contributed by atoms with Crippen LogP contribution in [0.2, 0.25) is 0 Å². The van der Waals surface area contributed by atoms with E-state index in [2.05, 4.69) is 20.8 Å². The maximum Gasteiger partial charge on any atom is 0.282 e. The number of nitrogens with zero attached hydrogens (tertiary/aromatic N) is 2. The van der Waals surface area contributed by atoms with Crippen LogP contribution >= 0.6 is 11.3 Å². The molecule has 0 unspecified atom stereocenters. The third-order valence-electron chi connectivity index (χ3n) is 2.41. The normalized spacial score (nSPS) is 10.1. The van der Waals surface area contributed by atoms with E-state index in [9.17, 15) is 4.79 Å². The van der Waals surface area contributed by atoms with Crippen LogP contribution in [0.1, 0.15) is 20.9 Å². The van der Waals surface area contributed by atoms with E-state index in [1.165, 1.54) is 16.9 Å². The lowest BCUT2D eigenvalue weighted by molar-refractivity contribution is 0.0950. The molecule has 0 spiro atoms. The zero-order chi connectivity index (χ0) is 13.0. The Bertz CT molecular complexity index is 535. The van der Waals surface area contributed by atoms with Crippen molar-refractivity contribution in [2.45, 2.75) is 13.5 Å². The van der Waals surface area contributed by atoms with Crippen molar-refractivity contribution in [3.8, 4) is 0 Å². The van der Waals surface area contributed by atoms with Crippen LogP contribution in [-0.4, -0.2) is 23.2 Å². The summed E-state index contributed by atoms with van der Waals surface area (Å²) in [6.07, 6.45) is 0. The number of hydrogen-bond acceptors (Lipinski definition) is 5. The number of carbonyl (C=O) groups excluding carboxylic acids is 1. The summed E-state index contributed by atoms with van der Waals surface area (Å²) >= 11 is 1.23. The van der Waals surface area contributed by atoms with E-state index in [1.807, 2.05) is 31.2 Å². The first-order chi connectivity index (χ1) is 8.69. The smallest absolute Gasteiger partial charge is 0.282 e. The van der Waals surface area contributed by atoms with Crippen molar-refractivity contribution in [2.24, 2.45) is 0 Å². The first kappa shape index (κ1) is 12.5. The topological polar surface area (TPSA) is 66.9 Å². The van der Waals surface area contributed by atoms with Gasteiger partial charge in [-0.05, 0) is 12.5 Å². The molecule has 1 amide bonds. The molecule has 0 saturated heterocycles. The zero-order valence-corrected chi connectivity index (χ0v) is 11.0. The highest BCUT2D eigenvalue weighted by Crippen LogP contribution is 2.14. The molecule has 0 aliphatic carbocycles. The first-order valence-electron chi connectivity index (χ1n) is 5.54. The second-order valence-corrected chi connectivity index (χ2v) is 4.81. The van der Waals surface area contributed by atoms with Crippen LogP contribution in [-0.2, 0) is 6.54 Å². The number of aryl methyl sites for hydroxylation is 1. The predicted octanol–water partition coefficient (Wildman–Crippen LogP) is 1.82. The maximum absolute atomic E-state index is 11.8. The molecule has 2 rings (SSSR count). The van der Waals surface area contributed by atoms with Crippen LogP contribution in [0.3, 0.4) is 0 Å². The van der Waals surface area contributed by atoms with Crippen molar-refractivity contribution in [2.75, 3.05) is 12.4 Å². The van der Waals surface area contributed by atoms with E-state index in [0.717, 1.165) is 5.56 Å². The van der Waals surface area contributed by atoms with Gasteiger partial charge < -0.3 is 10.6 Å². The van der Waals surface area contributed by atoms with Gasteiger partial charge in [0.2, 0.25) is 10.1 Å². The summed E-state index contributed by atoms with van der Waals surface area (Å²) in [5, 5.41) is 14.3. The molecule has 0 atom stereocenters. The van der Waals surface area contributed by atoms with Crippen molar-refractivity contribution in [1.29, 1.82) is 0 Å². The summed E-state index contributed by atoms with van der Waals surface area (Å²) in [5.74, 6) is -0.199. The van der Waals surface area contributed by atoms with E-state index < -0.39 is 0 Å². The minimum absolute atomic E-state index is 0.199. The molecule has 0 saturated carbocycles. The third kappa shape index (κ3) is 3.04. The Labute approximate surface area is 109 Å². The second kappa shape index (κ2) is 5.59. The van der Waals surface area contributed by atoms with Gasteiger partial charge in [0.05, 0.1) is 0 Å². The van der Waals surface area contributed by atoms with Crippen molar-refractivity contribution >= 4 is 22.4 Å².